The van der Waals surface area contributed by atoms with Crippen LogP contribution in [0.5, 0.6) is 0 Å². The molecule has 3 heterocycles. The number of thiophene rings is 1. The van der Waals surface area contributed by atoms with Gasteiger partial charge in [-0.25, -0.2) is 9.37 Å². The molecule has 126 valence electrons. The minimum absolute atomic E-state index is 0.254. The summed E-state index contributed by atoms with van der Waals surface area (Å²) in [6.45, 7) is 3.92. The van der Waals surface area contributed by atoms with E-state index in [0.717, 1.165) is 21.9 Å². The van der Waals surface area contributed by atoms with Crippen LogP contribution >= 0.6 is 11.3 Å². The second-order valence-corrected chi connectivity index (χ2v) is 6.55. The van der Waals surface area contributed by atoms with Gasteiger partial charge in [-0.3, -0.25) is 0 Å². The van der Waals surface area contributed by atoms with E-state index < -0.39 is 0 Å². The van der Waals surface area contributed by atoms with Gasteiger partial charge in [0.05, 0.1) is 4.88 Å². The van der Waals surface area contributed by atoms with E-state index in [1.165, 1.54) is 10.9 Å². The van der Waals surface area contributed by atoms with Gasteiger partial charge in [-0.1, -0.05) is 6.07 Å². The summed E-state index contributed by atoms with van der Waals surface area (Å²) < 4.78 is 19.1. The van der Waals surface area contributed by atoms with E-state index in [2.05, 4.69) is 20.4 Å². The molecule has 0 N–H and O–H groups in total. The first kappa shape index (κ1) is 15.6. The molecular weight excluding hydrogens is 341 g/mol. The lowest BCUT2D eigenvalue weighted by molar-refractivity contribution is 0.526. The standard InChI is InChI=1S/C17H14FN5OS/c1-10-8-12(5-6-13(10)18)16-20-22-23(21-16)9-14-11(2)24-17(19-14)15-4-3-7-25-15/h3-8H,9H2,1-2H3. The molecule has 1 aromatic carbocycles. The van der Waals surface area contributed by atoms with Crippen LogP contribution in [0.1, 0.15) is 17.0 Å². The summed E-state index contributed by atoms with van der Waals surface area (Å²) in [5, 5.41) is 14.4. The highest BCUT2D eigenvalue weighted by molar-refractivity contribution is 7.13. The predicted molar refractivity (Wildman–Crippen MR) is 91.6 cm³/mol. The highest BCUT2D eigenvalue weighted by Crippen LogP contribution is 2.26. The Kier molecular flexibility index (Phi) is 3.89. The second-order valence-electron chi connectivity index (χ2n) is 5.61. The third kappa shape index (κ3) is 3.08. The number of tetrazole rings is 1. The summed E-state index contributed by atoms with van der Waals surface area (Å²) in [4.78, 5) is 6.95. The van der Waals surface area contributed by atoms with Gasteiger partial charge in [-0.05, 0) is 54.3 Å². The normalized spacial score (nSPS) is 11.2. The van der Waals surface area contributed by atoms with E-state index in [1.807, 2.05) is 24.4 Å². The van der Waals surface area contributed by atoms with Gasteiger partial charge in [0, 0.05) is 5.56 Å². The smallest absolute Gasteiger partial charge is 0.236 e. The van der Waals surface area contributed by atoms with Crippen molar-refractivity contribution in [2.75, 3.05) is 0 Å². The summed E-state index contributed by atoms with van der Waals surface area (Å²) in [7, 11) is 0. The van der Waals surface area contributed by atoms with Crippen LogP contribution in [0.3, 0.4) is 0 Å². The zero-order valence-electron chi connectivity index (χ0n) is 13.6. The number of benzene rings is 1. The van der Waals surface area contributed by atoms with Gasteiger partial charge >= 0.3 is 0 Å². The molecule has 0 bridgehead atoms. The first-order valence-electron chi connectivity index (χ1n) is 7.64. The Hall–Kier alpha value is -2.87. The third-order valence-corrected chi connectivity index (χ3v) is 4.64. The molecule has 0 aliphatic heterocycles. The van der Waals surface area contributed by atoms with Crippen molar-refractivity contribution in [1.82, 2.24) is 25.2 Å². The fourth-order valence-electron chi connectivity index (χ4n) is 2.42. The van der Waals surface area contributed by atoms with E-state index in [4.69, 9.17) is 4.42 Å². The molecule has 4 aromatic rings. The Morgan fingerprint density at radius 2 is 2.12 bits per heavy atom. The van der Waals surface area contributed by atoms with Crippen LogP contribution in [-0.2, 0) is 6.54 Å². The number of rotatable bonds is 4. The monoisotopic (exact) mass is 355 g/mol. The van der Waals surface area contributed by atoms with Gasteiger partial charge in [-0.15, -0.1) is 21.5 Å². The average molecular weight is 355 g/mol. The number of aromatic nitrogens is 5. The Labute approximate surface area is 147 Å². The van der Waals surface area contributed by atoms with Gasteiger partial charge in [0.25, 0.3) is 0 Å². The van der Waals surface area contributed by atoms with Crippen molar-refractivity contribution >= 4 is 11.3 Å². The Bertz CT molecular complexity index is 1020. The Balaban J connectivity index is 1.58. The predicted octanol–water partition coefficient (Wildman–Crippen LogP) is 3.86. The molecule has 0 aliphatic carbocycles. The van der Waals surface area contributed by atoms with Crippen LogP contribution in [-0.4, -0.2) is 25.2 Å². The van der Waals surface area contributed by atoms with E-state index in [-0.39, 0.29) is 5.82 Å². The molecular formula is C17H14FN5OS. The zero-order valence-corrected chi connectivity index (χ0v) is 14.4. The first-order chi connectivity index (χ1) is 12.1. The maximum absolute atomic E-state index is 13.4. The Morgan fingerprint density at radius 1 is 1.24 bits per heavy atom. The molecule has 3 aromatic heterocycles. The second kappa shape index (κ2) is 6.21. The van der Waals surface area contributed by atoms with Crippen molar-refractivity contribution in [3.63, 3.8) is 0 Å². The lowest BCUT2D eigenvalue weighted by atomic mass is 10.1. The quantitative estimate of drug-likeness (QED) is 0.556. The van der Waals surface area contributed by atoms with Crippen molar-refractivity contribution in [3.8, 4) is 22.2 Å². The van der Waals surface area contributed by atoms with E-state index in [0.29, 0.717) is 23.8 Å². The molecule has 4 rings (SSSR count). The largest absolute Gasteiger partial charge is 0.440 e. The summed E-state index contributed by atoms with van der Waals surface area (Å²) in [5.74, 6) is 1.51. The summed E-state index contributed by atoms with van der Waals surface area (Å²) in [5.41, 5.74) is 2.02. The molecule has 8 heteroatoms. The highest BCUT2D eigenvalue weighted by Gasteiger charge is 2.15. The van der Waals surface area contributed by atoms with Crippen LogP contribution in [0.4, 0.5) is 4.39 Å². The van der Waals surface area contributed by atoms with Gasteiger partial charge < -0.3 is 4.42 Å². The van der Waals surface area contributed by atoms with Crippen molar-refractivity contribution in [3.05, 3.63) is 58.5 Å². The summed E-state index contributed by atoms with van der Waals surface area (Å²) >= 11 is 1.57. The van der Waals surface area contributed by atoms with E-state index in [9.17, 15) is 4.39 Å². The van der Waals surface area contributed by atoms with Crippen LogP contribution in [0.15, 0.2) is 40.1 Å². The molecule has 0 unspecified atom stereocenters. The molecule has 0 spiro atoms. The van der Waals surface area contributed by atoms with E-state index >= 15 is 0 Å². The number of oxazole rings is 1. The third-order valence-electron chi connectivity index (χ3n) is 3.78. The Morgan fingerprint density at radius 3 is 2.88 bits per heavy atom. The highest BCUT2D eigenvalue weighted by atomic mass is 32.1. The topological polar surface area (TPSA) is 69.6 Å². The molecule has 0 aliphatic rings. The maximum atomic E-state index is 13.4. The van der Waals surface area contributed by atoms with Crippen LogP contribution in [0.25, 0.3) is 22.2 Å². The number of hydrogen-bond acceptors (Lipinski definition) is 6. The van der Waals surface area contributed by atoms with Crippen molar-refractivity contribution in [2.24, 2.45) is 0 Å². The van der Waals surface area contributed by atoms with Crippen LogP contribution in [0.2, 0.25) is 0 Å². The molecule has 0 fully saturated rings. The van der Waals surface area contributed by atoms with Crippen molar-refractivity contribution in [2.45, 2.75) is 20.4 Å². The molecule has 0 radical (unpaired) electrons. The van der Waals surface area contributed by atoms with Crippen molar-refractivity contribution < 1.29 is 8.81 Å². The average Bonchev–Trinajstić information content (AvgIpc) is 3.32. The molecule has 0 saturated carbocycles. The van der Waals surface area contributed by atoms with Gasteiger partial charge in [0.15, 0.2) is 0 Å². The number of aryl methyl sites for hydroxylation is 2. The fraction of sp³-hybridized carbons (Fsp3) is 0.176. The summed E-state index contributed by atoms with van der Waals surface area (Å²) in [6, 6.07) is 8.66. The van der Waals surface area contributed by atoms with Gasteiger partial charge in [0.2, 0.25) is 11.7 Å². The SMILES string of the molecule is Cc1cc(-c2nnn(Cc3nc(-c4cccs4)oc3C)n2)ccc1F. The zero-order chi connectivity index (χ0) is 17.4. The molecule has 0 saturated heterocycles. The maximum Gasteiger partial charge on any atom is 0.236 e. The van der Waals surface area contributed by atoms with Gasteiger partial charge in [0.1, 0.15) is 23.8 Å². The lowest BCUT2D eigenvalue weighted by Gasteiger charge is -1.98. The number of nitrogens with zero attached hydrogens (tertiary/aromatic N) is 5. The molecule has 25 heavy (non-hydrogen) atoms. The van der Waals surface area contributed by atoms with Crippen LogP contribution < -0.4 is 0 Å². The fourth-order valence-corrected chi connectivity index (χ4v) is 3.07. The lowest BCUT2D eigenvalue weighted by Crippen LogP contribution is -2.05. The van der Waals surface area contributed by atoms with Gasteiger partial charge in [-0.2, -0.15) is 4.80 Å². The van der Waals surface area contributed by atoms with Crippen LogP contribution in [0, 0.1) is 19.7 Å². The molecule has 0 amide bonds. The first-order valence-corrected chi connectivity index (χ1v) is 8.52. The van der Waals surface area contributed by atoms with Crippen molar-refractivity contribution in [1.29, 1.82) is 0 Å². The minimum Gasteiger partial charge on any atom is -0.440 e. The van der Waals surface area contributed by atoms with E-state index in [1.54, 1.807) is 30.4 Å². The molecule has 6 nitrogen and oxygen atoms in total. The minimum atomic E-state index is -0.254. The number of hydrogen-bond donors (Lipinski definition) is 0. The number of halogens is 1. The summed E-state index contributed by atoms with van der Waals surface area (Å²) in [6.07, 6.45) is 0. The molecule has 0 atom stereocenters.